The van der Waals surface area contributed by atoms with Gasteiger partial charge in [0.25, 0.3) is 0 Å². The SMILES string of the molecule is CC1(CNCC2CCCCCN2)CCCCC1. The lowest BCUT2D eigenvalue weighted by Crippen LogP contribution is -2.42. The van der Waals surface area contributed by atoms with Crippen LogP contribution in [-0.2, 0) is 0 Å². The Morgan fingerprint density at radius 1 is 1.06 bits per heavy atom. The monoisotopic (exact) mass is 238 g/mol. The summed E-state index contributed by atoms with van der Waals surface area (Å²) in [5.74, 6) is 0. The van der Waals surface area contributed by atoms with E-state index < -0.39 is 0 Å². The second-order valence-electron chi connectivity index (χ2n) is 6.50. The van der Waals surface area contributed by atoms with Gasteiger partial charge in [-0.15, -0.1) is 0 Å². The Morgan fingerprint density at radius 3 is 2.65 bits per heavy atom. The Kier molecular flexibility index (Phi) is 5.30. The van der Waals surface area contributed by atoms with Crippen molar-refractivity contribution in [1.29, 1.82) is 0 Å². The van der Waals surface area contributed by atoms with E-state index in [-0.39, 0.29) is 0 Å². The van der Waals surface area contributed by atoms with Crippen LogP contribution in [0.25, 0.3) is 0 Å². The first-order valence-corrected chi connectivity index (χ1v) is 7.73. The summed E-state index contributed by atoms with van der Waals surface area (Å²) in [5, 5.41) is 7.40. The van der Waals surface area contributed by atoms with Gasteiger partial charge in [-0.05, 0) is 37.6 Å². The molecule has 0 bridgehead atoms. The van der Waals surface area contributed by atoms with Crippen LogP contribution in [0.2, 0.25) is 0 Å². The van der Waals surface area contributed by atoms with E-state index >= 15 is 0 Å². The summed E-state index contributed by atoms with van der Waals surface area (Å²) in [4.78, 5) is 0. The van der Waals surface area contributed by atoms with Gasteiger partial charge in [0, 0.05) is 19.1 Å². The highest BCUT2D eigenvalue weighted by Crippen LogP contribution is 2.34. The van der Waals surface area contributed by atoms with Crippen molar-refractivity contribution in [3.8, 4) is 0 Å². The first kappa shape index (κ1) is 13.4. The summed E-state index contributed by atoms with van der Waals surface area (Å²) in [6.07, 6.45) is 12.8. The lowest BCUT2D eigenvalue weighted by atomic mass is 9.76. The van der Waals surface area contributed by atoms with E-state index in [4.69, 9.17) is 0 Å². The first-order valence-electron chi connectivity index (χ1n) is 7.73. The van der Waals surface area contributed by atoms with Crippen LogP contribution in [0, 0.1) is 5.41 Å². The maximum Gasteiger partial charge on any atom is 0.0192 e. The van der Waals surface area contributed by atoms with Crippen molar-refractivity contribution >= 4 is 0 Å². The van der Waals surface area contributed by atoms with Crippen molar-refractivity contribution in [2.24, 2.45) is 5.41 Å². The van der Waals surface area contributed by atoms with Crippen LogP contribution in [-0.4, -0.2) is 25.7 Å². The highest BCUT2D eigenvalue weighted by molar-refractivity contribution is 4.82. The molecule has 1 saturated heterocycles. The molecule has 0 radical (unpaired) electrons. The van der Waals surface area contributed by atoms with Crippen LogP contribution in [0.3, 0.4) is 0 Å². The highest BCUT2D eigenvalue weighted by Gasteiger charge is 2.26. The fraction of sp³-hybridized carbons (Fsp3) is 1.00. The van der Waals surface area contributed by atoms with E-state index in [2.05, 4.69) is 17.6 Å². The quantitative estimate of drug-likeness (QED) is 0.786. The lowest BCUT2D eigenvalue weighted by molar-refractivity contribution is 0.205. The number of hydrogen-bond donors (Lipinski definition) is 2. The molecule has 2 N–H and O–H groups in total. The largest absolute Gasteiger partial charge is 0.315 e. The van der Waals surface area contributed by atoms with Crippen LogP contribution < -0.4 is 10.6 Å². The fourth-order valence-electron chi connectivity index (χ4n) is 3.41. The molecule has 0 spiro atoms. The van der Waals surface area contributed by atoms with E-state index in [1.807, 2.05) is 0 Å². The smallest absolute Gasteiger partial charge is 0.0192 e. The zero-order valence-corrected chi connectivity index (χ0v) is 11.6. The minimum absolute atomic E-state index is 0.586. The van der Waals surface area contributed by atoms with Gasteiger partial charge in [-0.1, -0.05) is 39.0 Å². The van der Waals surface area contributed by atoms with E-state index in [1.54, 1.807) is 0 Å². The van der Waals surface area contributed by atoms with Crippen LogP contribution in [0.1, 0.15) is 64.7 Å². The lowest BCUT2D eigenvalue weighted by Gasteiger charge is -2.34. The van der Waals surface area contributed by atoms with E-state index in [1.165, 1.54) is 77.4 Å². The van der Waals surface area contributed by atoms with Crippen LogP contribution in [0.15, 0.2) is 0 Å². The predicted octanol–water partition coefficient (Wildman–Crippen LogP) is 3.08. The van der Waals surface area contributed by atoms with Crippen molar-refractivity contribution in [2.75, 3.05) is 19.6 Å². The standard InChI is InChI=1S/C15H30N2/c1-15(9-5-3-6-10-15)13-16-12-14-8-4-2-7-11-17-14/h14,16-17H,2-13H2,1H3. The third-order valence-corrected chi connectivity index (χ3v) is 4.67. The summed E-state index contributed by atoms with van der Waals surface area (Å²) in [6, 6.07) is 0.727. The molecule has 1 saturated carbocycles. The summed E-state index contributed by atoms with van der Waals surface area (Å²) < 4.78 is 0. The van der Waals surface area contributed by atoms with Gasteiger partial charge >= 0.3 is 0 Å². The van der Waals surface area contributed by atoms with Gasteiger partial charge in [-0.2, -0.15) is 0 Å². The summed E-state index contributed by atoms with van der Waals surface area (Å²) in [6.45, 7) is 6.10. The maximum absolute atomic E-state index is 3.73. The highest BCUT2D eigenvalue weighted by atomic mass is 15.0. The zero-order chi connectivity index (χ0) is 12.0. The van der Waals surface area contributed by atoms with Crippen molar-refractivity contribution in [3.63, 3.8) is 0 Å². The second-order valence-corrected chi connectivity index (χ2v) is 6.50. The molecule has 0 amide bonds. The third kappa shape index (κ3) is 4.59. The Balaban J connectivity index is 1.63. The van der Waals surface area contributed by atoms with Gasteiger partial charge in [-0.3, -0.25) is 0 Å². The molecule has 2 fully saturated rings. The van der Waals surface area contributed by atoms with Gasteiger partial charge in [0.05, 0.1) is 0 Å². The Hall–Kier alpha value is -0.0800. The third-order valence-electron chi connectivity index (χ3n) is 4.67. The van der Waals surface area contributed by atoms with Gasteiger partial charge < -0.3 is 10.6 Å². The van der Waals surface area contributed by atoms with Crippen molar-refractivity contribution in [2.45, 2.75) is 70.8 Å². The molecule has 0 aromatic heterocycles. The van der Waals surface area contributed by atoms with E-state index in [0.717, 1.165) is 6.04 Å². The molecule has 17 heavy (non-hydrogen) atoms. The van der Waals surface area contributed by atoms with Crippen LogP contribution in [0.4, 0.5) is 0 Å². The van der Waals surface area contributed by atoms with Crippen molar-refractivity contribution < 1.29 is 0 Å². The Bertz CT molecular complexity index is 201. The number of hydrogen-bond acceptors (Lipinski definition) is 2. The van der Waals surface area contributed by atoms with Crippen LogP contribution >= 0.6 is 0 Å². The summed E-state index contributed by atoms with van der Waals surface area (Å²) in [5.41, 5.74) is 0.586. The maximum atomic E-state index is 3.73. The minimum atomic E-state index is 0.586. The number of nitrogens with one attached hydrogen (secondary N) is 2. The predicted molar refractivity (Wildman–Crippen MR) is 74.3 cm³/mol. The molecule has 1 atom stereocenters. The molecule has 0 aromatic carbocycles. The molecule has 1 aliphatic heterocycles. The molecule has 100 valence electrons. The molecule has 2 rings (SSSR count). The Morgan fingerprint density at radius 2 is 1.82 bits per heavy atom. The summed E-state index contributed by atoms with van der Waals surface area (Å²) in [7, 11) is 0. The summed E-state index contributed by atoms with van der Waals surface area (Å²) >= 11 is 0. The van der Waals surface area contributed by atoms with Crippen molar-refractivity contribution in [3.05, 3.63) is 0 Å². The van der Waals surface area contributed by atoms with Gasteiger partial charge in [0.2, 0.25) is 0 Å². The molecular weight excluding hydrogens is 208 g/mol. The molecule has 1 heterocycles. The van der Waals surface area contributed by atoms with Gasteiger partial charge in [-0.25, -0.2) is 0 Å². The zero-order valence-electron chi connectivity index (χ0n) is 11.6. The topological polar surface area (TPSA) is 24.1 Å². The van der Waals surface area contributed by atoms with E-state index in [0.29, 0.717) is 5.41 Å². The second kappa shape index (κ2) is 6.75. The average molecular weight is 238 g/mol. The normalized spacial score (nSPS) is 29.8. The first-order chi connectivity index (χ1) is 8.29. The molecule has 0 aromatic rings. The fourth-order valence-corrected chi connectivity index (χ4v) is 3.41. The van der Waals surface area contributed by atoms with E-state index in [9.17, 15) is 0 Å². The molecule has 1 aliphatic carbocycles. The average Bonchev–Trinajstić information content (AvgIpc) is 2.58. The molecule has 2 nitrogen and oxygen atoms in total. The van der Waals surface area contributed by atoms with Crippen LogP contribution in [0.5, 0.6) is 0 Å². The number of rotatable bonds is 4. The molecular formula is C15H30N2. The van der Waals surface area contributed by atoms with Gasteiger partial charge in [0.15, 0.2) is 0 Å². The molecule has 2 heteroatoms. The van der Waals surface area contributed by atoms with Gasteiger partial charge in [0.1, 0.15) is 0 Å². The minimum Gasteiger partial charge on any atom is -0.315 e. The molecule has 1 unspecified atom stereocenters. The molecule has 2 aliphatic rings. The van der Waals surface area contributed by atoms with Crippen molar-refractivity contribution in [1.82, 2.24) is 10.6 Å². The Labute approximate surface area is 107 Å².